The van der Waals surface area contributed by atoms with Gasteiger partial charge in [0.1, 0.15) is 5.75 Å². The number of ether oxygens (including phenoxy) is 1. The Labute approximate surface area is 128 Å². The molecule has 0 unspecified atom stereocenters. The van der Waals surface area contributed by atoms with E-state index in [2.05, 4.69) is 10.1 Å². The number of hydrogen-bond acceptors (Lipinski definition) is 3. The Hall–Kier alpha value is -1.40. The molecule has 118 valence electrons. The summed E-state index contributed by atoms with van der Waals surface area (Å²) in [4.78, 5) is 12.0. The molecule has 0 atom stereocenters. The van der Waals surface area contributed by atoms with Gasteiger partial charge in [-0.15, -0.1) is 12.4 Å². The molecule has 1 amide bonds. The van der Waals surface area contributed by atoms with Gasteiger partial charge in [-0.3, -0.25) is 4.79 Å². The highest BCUT2D eigenvalue weighted by Crippen LogP contribution is 2.27. The summed E-state index contributed by atoms with van der Waals surface area (Å²) in [5.41, 5.74) is 5.70. The maximum absolute atomic E-state index is 12.3. The Morgan fingerprint density at radius 1 is 1.33 bits per heavy atom. The van der Waals surface area contributed by atoms with E-state index in [9.17, 15) is 13.6 Å². The van der Waals surface area contributed by atoms with Crippen molar-refractivity contribution in [3.63, 3.8) is 0 Å². The first kappa shape index (κ1) is 17.7. The first-order valence-corrected chi connectivity index (χ1v) is 6.61. The molecule has 2 rings (SSSR count). The molecule has 0 aliphatic heterocycles. The number of alkyl halides is 2. The molecule has 0 radical (unpaired) electrons. The fourth-order valence-corrected chi connectivity index (χ4v) is 2.45. The van der Waals surface area contributed by atoms with Crippen LogP contribution in [0.3, 0.4) is 0 Å². The number of nitrogens with two attached hydrogens (primary N) is 1. The second-order valence-electron chi connectivity index (χ2n) is 5.03. The van der Waals surface area contributed by atoms with Crippen LogP contribution in [-0.2, 0) is 11.3 Å². The summed E-state index contributed by atoms with van der Waals surface area (Å²) in [6.45, 7) is -2.76. The number of hydrogen-bond donors (Lipinski definition) is 2. The highest BCUT2D eigenvalue weighted by atomic mass is 35.5. The molecule has 1 aromatic rings. The Kier molecular flexibility index (Phi) is 6.36. The van der Waals surface area contributed by atoms with Gasteiger partial charge in [-0.2, -0.15) is 8.78 Å². The zero-order valence-corrected chi connectivity index (χ0v) is 12.3. The van der Waals surface area contributed by atoms with Crippen LogP contribution in [0.15, 0.2) is 24.3 Å². The lowest BCUT2D eigenvalue weighted by Crippen LogP contribution is -2.51. The molecule has 1 fully saturated rings. The lowest BCUT2D eigenvalue weighted by atomic mass is 9.98. The van der Waals surface area contributed by atoms with Crippen LogP contribution >= 0.6 is 12.4 Å². The molecule has 1 saturated carbocycles. The maximum Gasteiger partial charge on any atom is 0.387 e. The largest absolute Gasteiger partial charge is 0.434 e. The highest BCUT2D eigenvalue weighted by molar-refractivity contribution is 5.86. The van der Waals surface area contributed by atoms with Gasteiger partial charge in [0.05, 0.1) is 5.54 Å². The van der Waals surface area contributed by atoms with Crippen LogP contribution in [0.2, 0.25) is 0 Å². The van der Waals surface area contributed by atoms with Crippen molar-refractivity contribution in [1.29, 1.82) is 0 Å². The Bertz CT molecular complexity index is 480. The van der Waals surface area contributed by atoms with Crippen molar-refractivity contribution in [2.75, 3.05) is 0 Å². The highest BCUT2D eigenvalue weighted by Gasteiger charge is 2.36. The van der Waals surface area contributed by atoms with E-state index in [1.54, 1.807) is 18.2 Å². The minimum atomic E-state index is -2.89. The van der Waals surface area contributed by atoms with Crippen LogP contribution in [0.4, 0.5) is 8.78 Å². The molecule has 0 bridgehead atoms. The number of benzene rings is 1. The number of nitrogens with one attached hydrogen (secondary N) is 1. The smallest absolute Gasteiger partial charge is 0.387 e. The van der Waals surface area contributed by atoms with Crippen molar-refractivity contribution in [2.24, 2.45) is 5.73 Å². The standard InChI is InChI=1S/C14H18F2N2O2.ClH/c15-13(16)20-11-6-2-1-5-10(11)9-18-12(19)14(17)7-3-4-8-14;/h1-2,5-6,13H,3-4,7-9,17H2,(H,18,19);1H. The van der Waals surface area contributed by atoms with Crippen molar-refractivity contribution >= 4 is 18.3 Å². The third-order valence-corrected chi connectivity index (χ3v) is 3.58. The summed E-state index contributed by atoms with van der Waals surface area (Å²) in [7, 11) is 0. The summed E-state index contributed by atoms with van der Waals surface area (Å²) in [5, 5.41) is 2.71. The summed E-state index contributed by atoms with van der Waals surface area (Å²) in [5.74, 6) is -0.165. The molecule has 4 nitrogen and oxygen atoms in total. The van der Waals surface area contributed by atoms with Gasteiger partial charge in [0.2, 0.25) is 5.91 Å². The lowest BCUT2D eigenvalue weighted by molar-refractivity contribution is -0.126. The van der Waals surface area contributed by atoms with Gasteiger partial charge < -0.3 is 15.8 Å². The molecule has 0 heterocycles. The quantitative estimate of drug-likeness (QED) is 0.876. The molecule has 0 spiro atoms. The Balaban J connectivity index is 0.00000220. The van der Waals surface area contributed by atoms with Gasteiger partial charge in [0.25, 0.3) is 0 Å². The predicted octanol–water partition coefficient (Wildman–Crippen LogP) is 2.60. The van der Waals surface area contributed by atoms with Crippen LogP contribution in [0.5, 0.6) is 5.75 Å². The van der Waals surface area contributed by atoms with E-state index in [1.807, 2.05) is 0 Å². The van der Waals surface area contributed by atoms with Crippen molar-refractivity contribution in [1.82, 2.24) is 5.32 Å². The molecular weight excluding hydrogens is 302 g/mol. The van der Waals surface area contributed by atoms with Crippen LogP contribution in [0, 0.1) is 0 Å². The second kappa shape index (κ2) is 7.56. The third-order valence-electron chi connectivity index (χ3n) is 3.58. The van der Waals surface area contributed by atoms with E-state index in [4.69, 9.17) is 5.73 Å². The Morgan fingerprint density at radius 3 is 2.57 bits per heavy atom. The van der Waals surface area contributed by atoms with E-state index >= 15 is 0 Å². The van der Waals surface area contributed by atoms with Crippen LogP contribution in [0.1, 0.15) is 31.2 Å². The zero-order valence-electron chi connectivity index (χ0n) is 11.5. The topological polar surface area (TPSA) is 64.4 Å². The number of carbonyl (C=O) groups excluding carboxylic acids is 1. The number of halogens is 3. The summed E-state index contributed by atoms with van der Waals surface area (Å²) < 4.78 is 29.0. The SMILES string of the molecule is Cl.NC1(C(=O)NCc2ccccc2OC(F)F)CCCC1. The summed E-state index contributed by atoms with van der Waals surface area (Å²) >= 11 is 0. The third kappa shape index (κ3) is 4.54. The molecular formula is C14H19ClF2N2O2. The van der Waals surface area contributed by atoms with Gasteiger partial charge in [-0.05, 0) is 18.9 Å². The van der Waals surface area contributed by atoms with Gasteiger partial charge in [-0.25, -0.2) is 0 Å². The minimum Gasteiger partial charge on any atom is -0.434 e. The molecule has 7 heteroatoms. The van der Waals surface area contributed by atoms with Crippen molar-refractivity contribution < 1.29 is 18.3 Å². The van der Waals surface area contributed by atoms with Gasteiger partial charge in [-0.1, -0.05) is 31.0 Å². The molecule has 1 aromatic carbocycles. The molecule has 21 heavy (non-hydrogen) atoms. The summed E-state index contributed by atoms with van der Waals surface area (Å²) in [6.07, 6.45) is 3.20. The van der Waals surface area contributed by atoms with Gasteiger partial charge in [0.15, 0.2) is 0 Å². The van der Waals surface area contributed by atoms with Crippen molar-refractivity contribution in [3.8, 4) is 5.75 Å². The number of para-hydroxylation sites is 1. The lowest BCUT2D eigenvalue weighted by Gasteiger charge is -2.22. The Morgan fingerprint density at radius 2 is 1.95 bits per heavy atom. The first-order valence-electron chi connectivity index (χ1n) is 6.61. The second-order valence-corrected chi connectivity index (χ2v) is 5.03. The van der Waals surface area contributed by atoms with Crippen molar-refractivity contribution in [2.45, 2.75) is 44.4 Å². The zero-order chi connectivity index (χ0) is 14.6. The number of carbonyl (C=O) groups is 1. The molecule has 1 aliphatic carbocycles. The molecule has 0 aromatic heterocycles. The monoisotopic (exact) mass is 320 g/mol. The first-order chi connectivity index (χ1) is 9.51. The van der Waals surface area contributed by atoms with E-state index < -0.39 is 12.2 Å². The molecule has 3 N–H and O–H groups in total. The van der Waals surface area contributed by atoms with E-state index in [0.29, 0.717) is 18.4 Å². The minimum absolute atomic E-state index is 0. The fraction of sp³-hybridized carbons (Fsp3) is 0.500. The van der Waals surface area contributed by atoms with E-state index in [-0.39, 0.29) is 30.6 Å². The number of rotatable bonds is 5. The van der Waals surface area contributed by atoms with Gasteiger partial charge in [0, 0.05) is 12.1 Å². The van der Waals surface area contributed by atoms with E-state index in [0.717, 1.165) is 12.8 Å². The van der Waals surface area contributed by atoms with Crippen LogP contribution < -0.4 is 15.8 Å². The summed E-state index contributed by atoms with van der Waals surface area (Å²) in [6, 6.07) is 6.38. The molecule has 0 saturated heterocycles. The maximum atomic E-state index is 12.3. The molecule has 1 aliphatic rings. The van der Waals surface area contributed by atoms with Crippen LogP contribution in [-0.4, -0.2) is 18.1 Å². The normalized spacial score (nSPS) is 16.4. The average molecular weight is 321 g/mol. The van der Waals surface area contributed by atoms with E-state index in [1.165, 1.54) is 6.07 Å². The fourth-order valence-electron chi connectivity index (χ4n) is 2.45. The predicted molar refractivity (Wildman–Crippen MR) is 77.6 cm³/mol. The van der Waals surface area contributed by atoms with Crippen molar-refractivity contribution in [3.05, 3.63) is 29.8 Å². The van der Waals surface area contributed by atoms with Gasteiger partial charge >= 0.3 is 6.61 Å². The van der Waals surface area contributed by atoms with Crippen LogP contribution in [0.25, 0.3) is 0 Å². The number of amides is 1. The average Bonchev–Trinajstić information content (AvgIpc) is 2.85.